The van der Waals surface area contributed by atoms with Crippen molar-refractivity contribution in [3.8, 4) is 0 Å². The van der Waals surface area contributed by atoms with Crippen LogP contribution in [0.5, 0.6) is 0 Å². The van der Waals surface area contributed by atoms with Gasteiger partial charge in [-0.1, -0.05) is 24.3 Å². The Morgan fingerprint density at radius 3 is 2.14 bits per heavy atom. The Hall–Kier alpha value is -3.67. The highest BCUT2D eigenvalue weighted by Crippen LogP contribution is 2.19. The molecule has 0 aliphatic carbocycles. The summed E-state index contributed by atoms with van der Waals surface area (Å²) in [5.41, 5.74) is 1.30. The molecule has 0 saturated heterocycles. The van der Waals surface area contributed by atoms with E-state index in [9.17, 15) is 14.4 Å². The fraction of sp³-hybridized carbons (Fsp3) is 0.136. The molecule has 6 heteroatoms. The first-order valence-electron chi connectivity index (χ1n) is 9.08. The fourth-order valence-corrected chi connectivity index (χ4v) is 3.40. The first kappa shape index (κ1) is 17.7. The van der Waals surface area contributed by atoms with Gasteiger partial charge in [0.1, 0.15) is 12.2 Å². The van der Waals surface area contributed by atoms with Gasteiger partial charge >= 0.3 is 0 Å². The molecular weight excluding hydrogens is 354 g/mol. The molecule has 0 radical (unpaired) electrons. The van der Waals surface area contributed by atoms with Gasteiger partial charge in [0.2, 0.25) is 11.3 Å². The van der Waals surface area contributed by atoms with Gasteiger partial charge in [-0.2, -0.15) is 0 Å². The molecule has 0 saturated carbocycles. The summed E-state index contributed by atoms with van der Waals surface area (Å²) in [7, 11) is 0. The van der Waals surface area contributed by atoms with Crippen LogP contribution >= 0.6 is 0 Å². The highest BCUT2D eigenvalue weighted by molar-refractivity contribution is 5.97. The lowest BCUT2D eigenvalue weighted by Gasteiger charge is -2.15. The van der Waals surface area contributed by atoms with Gasteiger partial charge in [0, 0.05) is 35.8 Å². The third-order valence-corrected chi connectivity index (χ3v) is 4.80. The number of carbonyl (C=O) groups excluding carboxylic acids is 1. The summed E-state index contributed by atoms with van der Waals surface area (Å²) in [5, 5.41) is 3.82. The van der Waals surface area contributed by atoms with Gasteiger partial charge in [0.25, 0.3) is 0 Å². The molecule has 1 N–H and O–H groups in total. The van der Waals surface area contributed by atoms with Crippen LogP contribution in [0.15, 0.2) is 76.6 Å². The number of aryl methyl sites for hydroxylation is 1. The SMILES string of the molecule is CCn1ccc(=O)c(NC(=O)Cn2c3ccccc3c(=O)c3ccccc32)c1. The van der Waals surface area contributed by atoms with Gasteiger partial charge in [-0.15, -0.1) is 0 Å². The second-order valence-electron chi connectivity index (χ2n) is 6.55. The summed E-state index contributed by atoms with van der Waals surface area (Å²) < 4.78 is 3.63. The van der Waals surface area contributed by atoms with Crippen molar-refractivity contribution < 1.29 is 4.79 Å². The summed E-state index contributed by atoms with van der Waals surface area (Å²) in [5.74, 6) is -0.329. The monoisotopic (exact) mass is 373 g/mol. The van der Waals surface area contributed by atoms with Crippen LogP contribution in [0.25, 0.3) is 21.8 Å². The molecule has 4 aromatic rings. The molecule has 6 nitrogen and oxygen atoms in total. The Labute approximate surface area is 160 Å². The predicted octanol–water partition coefficient (Wildman–Crippen LogP) is 2.98. The first-order valence-corrected chi connectivity index (χ1v) is 9.08. The van der Waals surface area contributed by atoms with Crippen LogP contribution in [0.2, 0.25) is 0 Å². The zero-order chi connectivity index (χ0) is 19.7. The van der Waals surface area contributed by atoms with Crippen molar-refractivity contribution in [2.75, 3.05) is 5.32 Å². The number of nitrogens with zero attached hydrogens (tertiary/aromatic N) is 2. The second kappa shape index (κ2) is 7.15. The molecule has 2 aromatic heterocycles. The van der Waals surface area contributed by atoms with Crippen LogP contribution < -0.4 is 16.2 Å². The maximum absolute atomic E-state index is 12.8. The van der Waals surface area contributed by atoms with Gasteiger partial charge in [0.15, 0.2) is 5.43 Å². The lowest BCUT2D eigenvalue weighted by Crippen LogP contribution is -2.24. The Bertz CT molecular complexity index is 1260. The molecule has 0 bridgehead atoms. The topological polar surface area (TPSA) is 73.1 Å². The maximum Gasteiger partial charge on any atom is 0.244 e. The number of nitrogens with one attached hydrogen (secondary N) is 1. The quantitative estimate of drug-likeness (QED) is 0.559. The van der Waals surface area contributed by atoms with Crippen LogP contribution in [0, 0.1) is 0 Å². The third-order valence-electron chi connectivity index (χ3n) is 4.80. The van der Waals surface area contributed by atoms with Gasteiger partial charge in [-0.05, 0) is 31.2 Å². The molecule has 140 valence electrons. The number of para-hydroxylation sites is 2. The minimum absolute atomic E-state index is 0.0121. The van der Waals surface area contributed by atoms with Gasteiger partial charge in [-0.25, -0.2) is 0 Å². The van der Waals surface area contributed by atoms with E-state index in [0.29, 0.717) is 28.4 Å². The maximum atomic E-state index is 12.8. The largest absolute Gasteiger partial charge is 0.352 e. The number of pyridine rings is 2. The highest BCUT2D eigenvalue weighted by Gasteiger charge is 2.13. The standard InChI is InChI=1S/C22H19N3O3/c1-2-24-12-11-20(26)17(13-24)23-21(27)14-25-18-9-5-3-7-15(18)22(28)16-8-4-6-10-19(16)25/h3-13H,2,14H2,1H3,(H,23,27). The van der Waals surface area contributed by atoms with Crippen LogP contribution in [0.3, 0.4) is 0 Å². The van der Waals surface area contributed by atoms with E-state index in [-0.39, 0.29) is 29.0 Å². The molecule has 0 spiro atoms. The predicted molar refractivity (Wildman–Crippen MR) is 111 cm³/mol. The van der Waals surface area contributed by atoms with E-state index in [4.69, 9.17) is 0 Å². The summed E-state index contributed by atoms with van der Waals surface area (Å²) in [4.78, 5) is 37.6. The highest BCUT2D eigenvalue weighted by atomic mass is 16.2. The number of anilines is 1. The van der Waals surface area contributed by atoms with Gasteiger partial charge < -0.3 is 14.5 Å². The minimum atomic E-state index is -0.329. The van der Waals surface area contributed by atoms with E-state index in [0.717, 1.165) is 0 Å². The molecule has 4 rings (SSSR count). The van der Waals surface area contributed by atoms with E-state index in [2.05, 4.69) is 5.32 Å². The molecule has 2 aromatic carbocycles. The number of aromatic nitrogens is 2. The van der Waals surface area contributed by atoms with Crippen molar-refractivity contribution in [3.63, 3.8) is 0 Å². The number of amides is 1. The van der Waals surface area contributed by atoms with Crippen molar-refractivity contribution in [1.29, 1.82) is 0 Å². The summed E-state index contributed by atoms with van der Waals surface area (Å²) in [6, 6.07) is 15.9. The van der Waals surface area contributed by atoms with Crippen molar-refractivity contribution in [2.24, 2.45) is 0 Å². The summed E-state index contributed by atoms with van der Waals surface area (Å²) in [6.07, 6.45) is 3.31. The molecule has 0 unspecified atom stereocenters. The van der Waals surface area contributed by atoms with Crippen molar-refractivity contribution >= 4 is 33.4 Å². The number of hydrogen-bond donors (Lipinski definition) is 1. The van der Waals surface area contributed by atoms with E-state index in [1.807, 2.05) is 40.3 Å². The zero-order valence-electron chi connectivity index (χ0n) is 15.4. The van der Waals surface area contributed by atoms with Gasteiger partial charge in [-0.3, -0.25) is 14.4 Å². The molecule has 28 heavy (non-hydrogen) atoms. The molecule has 0 fully saturated rings. The smallest absolute Gasteiger partial charge is 0.244 e. The second-order valence-corrected chi connectivity index (χ2v) is 6.55. The lowest BCUT2D eigenvalue weighted by atomic mass is 10.1. The average Bonchev–Trinajstić information content (AvgIpc) is 2.72. The zero-order valence-corrected chi connectivity index (χ0v) is 15.4. The van der Waals surface area contributed by atoms with Crippen molar-refractivity contribution in [1.82, 2.24) is 9.13 Å². The Morgan fingerprint density at radius 1 is 0.929 bits per heavy atom. The van der Waals surface area contributed by atoms with E-state index in [1.54, 1.807) is 36.7 Å². The Morgan fingerprint density at radius 2 is 1.54 bits per heavy atom. The van der Waals surface area contributed by atoms with E-state index >= 15 is 0 Å². The van der Waals surface area contributed by atoms with Crippen LogP contribution in [-0.4, -0.2) is 15.0 Å². The third kappa shape index (κ3) is 3.09. The normalized spacial score (nSPS) is 11.0. The molecular formula is C22H19N3O3. The lowest BCUT2D eigenvalue weighted by molar-refractivity contribution is -0.116. The number of rotatable bonds is 4. The van der Waals surface area contributed by atoms with Gasteiger partial charge in [0.05, 0.1) is 11.0 Å². The van der Waals surface area contributed by atoms with Crippen molar-refractivity contribution in [3.05, 3.63) is 87.4 Å². The summed E-state index contributed by atoms with van der Waals surface area (Å²) in [6.45, 7) is 2.63. The number of hydrogen-bond acceptors (Lipinski definition) is 3. The number of fused-ring (bicyclic) bond motifs is 2. The summed E-state index contributed by atoms with van der Waals surface area (Å²) >= 11 is 0. The molecule has 0 aliphatic heterocycles. The first-order chi connectivity index (χ1) is 13.6. The number of benzene rings is 2. The average molecular weight is 373 g/mol. The molecule has 0 aliphatic rings. The van der Waals surface area contributed by atoms with Crippen molar-refractivity contribution in [2.45, 2.75) is 20.0 Å². The van der Waals surface area contributed by atoms with Crippen LogP contribution in [-0.2, 0) is 17.9 Å². The Balaban J connectivity index is 1.79. The Kier molecular flexibility index (Phi) is 4.53. The fourth-order valence-electron chi connectivity index (χ4n) is 3.40. The molecule has 1 amide bonds. The van der Waals surface area contributed by atoms with E-state index < -0.39 is 0 Å². The minimum Gasteiger partial charge on any atom is -0.352 e. The van der Waals surface area contributed by atoms with E-state index in [1.165, 1.54) is 6.07 Å². The molecule has 0 atom stereocenters. The molecule has 2 heterocycles. The van der Waals surface area contributed by atoms with Crippen LogP contribution in [0.4, 0.5) is 5.69 Å². The number of carbonyl (C=O) groups is 1. The van der Waals surface area contributed by atoms with Crippen LogP contribution in [0.1, 0.15) is 6.92 Å².